The van der Waals surface area contributed by atoms with Gasteiger partial charge in [-0.1, -0.05) is 25.4 Å². The molecule has 2 fully saturated rings. The summed E-state index contributed by atoms with van der Waals surface area (Å²) < 4.78 is 0. The Morgan fingerprint density at radius 3 is 2.56 bits per heavy atom. The van der Waals surface area contributed by atoms with Crippen molar-refractivity contribution in [1.82, 2.24) is 0 Å². The maximum Gasteiger partial charge on any atom is 0.307 e. The Balaban J connectivity index is 1.75. The lowest BCUT2D eigenvalue weighted by Gasteiger charge is -2.23. The predicted molar refractivity (Wildman–Crippen MR) is 69.4 cm³/mol. The summed E-state index contributed by atoms with van der Waals surface area (Å²) >= 11 is 0. The molecule has 0 aromatic carbocycles. The van der Waals surface area contributed by atoms with Gasteiger partial charge in [-0.3, -0.25) is 4.79 Å². The van der Waals surface area contributed by atoms with Crippen LogP contribution >= 0.6 is 0 Å². The van der Waals surface area contributed by atoms with Crippen LogP contribution in [0.2, 0.25) is 0 Å². The monoisotopic (exact) mass is 253 g/mol. The van der Waals surface area contributed by atoms with Crippen LogP contribution in [0.3, 0.4) is 0 Å². The van der Waals surface area contributed by atoms with E-state index in [9.17, 15) is 4.79 Å². The molecule has 4 nitrogen and oxygen atoms in total. The molecular formula is C14H23NO3. The van der Waals surface area contributed by atoms with Gasteiger partial charge in [0.25, 0.3) is 0 Å². The van der Waals surface area contributed by atoms with E-state index in [2.05, 4.69) is 5.16 Å². The first-order valence-corrected chi connectivity index (χ1v) is 6.81. The highest BCUT2D eigenvalue weighted by molar-refractivity contribution is 5.84. The van der Waals surface area contributed by atoms with Crippen LogP contribution in [-0.4, -0.2) is 23.4 Å². The Kier molecular flexibility index (Phi) is 3.64. The van der Waals surface area contributed by atoms with Gasteiger partial charge in [0, 0.05) is 0 Å². The van der Waals surface area contributed by atoms with Crippen molar-refractivity contribution >= 4 is 11.7 Å². The zero-order valence-electron chi connectivity index (χ0n) is 11.5. The maximum absolute atomic E-state index is 11.0. The van der Waals surface area contributed by atoms with Crippen LogP contribution in [0.1, 0.15) is 46.5 Å². The highest BCUT2D eigenvalue weighted by atomic mass is 16.6. The average Bonchev–Trinajstić information content (AvgIpc) is 2.72. The number of aliphatic carboxylic acids is 1. The van der Waals surface area contributed by atoms with Crippen LogP contribution in [0.25, 0.3) is 0 Å². The van der Waals surface area contributed by atoms with E-state index >= 15 is 0 Å². The van der Waals surface area contributed by atoms with Crippen molar-refractivity contribution in [2.45, 2.75) is 46.5 Å². The SMILES string of the molecule is CC(CC1[C@@H](C(=O)O)C1(C)C)=NOCC1CCC1. The third-order valence-corrected chi connectivity index (χ3v) is 4.59. The molecule has 0 aliphatic heterocycles. The molecule has 18 heavy (non-hydrogen) atoms. The number of hydrogen-bond acceptors (Lipinski definition) is 3. The molecule has 2 saturated carbocycles. The van der Waals surface area contributed by atoms with E-state index in [1.807, 2.05) is 20.8 Å². The molecule has 1 N–H and O–H groups in total. The minimum Gasteiger partial charge on any atom is -0.481 e. The second-order valence-electron chi connectivity index (χ2n) is 6.37. The number of rotatable bonds is 6. The number of carboxylic acids is 1. The second-order valence-corrected chi connectivity index (χ2v) is 6.37. The number of oxime groups is 1. The van der Waals surface area contributed by atoms with Crippen molar-refractivity contribution in [2.75, 3.05) is 6.61 Å². The molecule has 0 aromatic rings. The molecule has 0 radical (unpaired) electrons. The first kappa shape index (κ1) is 13.4. The summed E-state index contributed by atoms with van der Waals surface area (Å²) in [7, 11) is 0. The lowest BCUT2D eigenvalue weighted by Crippen LogP contribution is -2.16. The molecule has 2 aliphatic carbocycles. The second kappa shape index (κ2) is 4.90. The highest BCUT2D eigenvalue weighted by Crippen LogP contribution is 2.60. The zero-order valence-corrected chi connectivity index (χ0v) is 11.5. The van der Waals surface area contributed by atoms with Crippen molar-refractivity contribution in [3.8, 4) is 0 Å². The van der Waals surface area contributed by atoms with Gasteiger partial charge in [0.2, 0.25) is 0 Å². The van der Waals surface area contributed by atoms with Crippen LogP contribution in [-0.2, 0) is 9.63 Å². The molecule has 0 amide bonds. The van der Waals surface area contributed by atoms with Crippen LogP contribution in [0.5, 0.6) is 0 Å². The Morgan fingerprint density at radius 1 is 1.44 bits per heavy atom. The Labute approximate surface area is 108 Å². The summed E-state index contributed by atoms with van der Waals surface area (Å²) in [6.45, 7) is 6.67. The Bertz CT molecular complexity index is 358. The van der Waals surface area contributed by atoms with Gasteiger partial charge >= 0.3 is 5.97 Å². The topological polar surface area (TPSA) is 58.9 Å². The number of carboxylic acid groups (broad SMARTS) is 1. The van der Waals surface area contributed by atoms with E-state index in [0.29, 0.717) is 12.5 Å². The lowest BCUT2D eigenvalue weighted by molar-refractivity contribution is -0.139. The molecule has 1 unspecified atom stereocenters. The van der Waals surface area contributed by atoms with Crippen molar-refractivity contribution in [2.24, 2.45) is 28.3 Å². The van der Waals surface area contributed by atoms with E-state index in [1.165, 1.54) is 19.3 Å². The molecule has 2 aliphatic rings. The van der Waals surface area contributed by atoms with Crippen molar-refractivity contribution < 1.29 is 14.7 Å². The molecule has 102 valence electrons. The van der Waals surface area contributed by atoms with E-state index in [-0.39, 0.29) is 17.3 Å². The van der Waals surface area contributed by atoms with Gasteiger partial charge in [-0.25, -0.2) is 0 Å². The Morgan fingerprint density at radius 2 is 2.11 bits per heavy atom. The minimum atomic E-state index is -0.687. The molecule has 2 rings (SSSR count). The number of nitrogens with zero attached hydrogens (tertiary/aromatic N) is 1. The van der Waals surface area contributed by atoms with Gasteiger partial charge in [-0.15, -0.1) is 0 Å². The van der Waals surface area contributed by atoms with Crippen LogP contribution in [0.15, 0.2) is 5.16 Å². The molecule has 0 aromatic heterocycles. The van der Waals surface area contributed by atoms with E-state index < -0.39 is 5.97 Å². The fourth-order valence-electron chi connectivity index (χ4n) is 2.88. The van der Waals surface area contributed by atoms with E-state index in [0.717, 1.165) is 12.1 Å². The fourth-order valence-corrected chi connectivity index (χ4v) is 2.88. The molecule has 0 spiro atoms. The van der Waals surface area contributed by atoms with Crippen molar-refractivity contribution in [3.05, 3.63) is 0 Å². The quantitative estimate of drug-likeness (QED) is 0.585. The molecule has 0 heterocycles. The summed E-state index contributed by atoms with van der Waals surface area (Å²) in [5, 5.41) is 13.2. The third-order valence-electron chi connectivity index (χ3n) is 4.59. The average molecular weight is 253 g/mol. The molecule has 0 bridgehead atoms. The van der Waals surface area contributed by atoms with E-state index in [1.54, 1.807) is 0 Å². The molecule has 4 heteroatoms. The lowest BCUT2D eigenvalue weighted by atomic mass is 9.86. The first-order valence-electron chi connectivity index (χ1n) is 6.81. The number of hydrogen-bond donors (Lipinski definition) is 1. The van der Waals surface area contributed by atoms with E-state index in [4.69, 9.17) is 9.94 Å². The predicted octanol–water partition coefficient (Wildman–Crippen LogP) is 2.93. The standard InChI is InChI=1S/C14H23NO3/c1-9(15-18-8-10-5-4-6-10)7-11-12(13(16)17)14(11,2)3/h10-12H,4-8H2,1-3H3,(H,16,17)/t11?,12-/m0/s1. The summed E-state index contributed by atoms with van der Waals surface area (Å²) in [6.07, 6.45) is 4.55. The minimum absolute atomic E-state index is 0.101. The largest absolute Gasteiger partial charge is 0.481 e. The highest BCUT2D eigenvalue weighted by Gasteiger charge is 2.61. The van der Waals surface area contributed by atoms with Gasteiger partial charge < -0.3 is 9.94 Å². The summed E-state index contributed by atoms with van der Waals surface area (Å²) in [5.41, 5.74) is 0.812. The summed E-state index contributed by atoms with van der Waals surface area (Å²) in [4.78, 5) is 16.4. The Hall–Kier alpha value is -1.06. The summed E-state index contributed by atoms with van der Waals surface area (Å²) in [5.74, 6) is -0.0285. The summed E-state index contributed by atoms with van der Waals surface area (Å²) in [6, 6.07) is 0. The zero-order chi connectivity index (χ0) is 13.3. The smallest absolute Gasteiger partial charge is 0.307 e. The van der Waals surface area contributed by atoms with Crippen LogP contribution in [0.4, 0.5) is 0 Å². The molecular weight excluding hydrogens is 230 g/mol. The number of carbonyl (C=O) groups is 1. The maximum atomic E-state index is 11.0. The fraction of sp³-hybridized carbons (Fsp3) is 0.857. The normalized spacial score (nSPS) is 30.7. The van der Waals surface area contributed by atoms with Crippen LogP contribution in [0, 0.1) is 23.2 Å². The van der Waals surface area contributed by atoms with Crippen LogP contribution < -0.4 is 0 Å². The molecule has 2 atom stereocenters. The van der Waals surface area contributed by atoms with Crippen molar-refractivity contribution in [3.63, 3.8) is 0 Å². The van der Waals surface area contributed by atoms with Gasteiger partial charge in [0.1, 0.15) is 6.61 Å². The molecule has 0 saturated heterocycles. The van der Waals surface area contributed by atoms with Gasteiger partial charge in [-0.05, 0) is 43.4 Å². The third kappa shape index (κ3) is 2.68. The van der Waals surface area contributed by atoms with Gasteiger partial charge in [0.15, 0.2) is 0 Å². The van der Waals surface area contributed by atoms with Crippen molar-refractivity contribution in [1.29, 1.82) is 0 Å². The van der Waals surface area contributed by atoms with Gasteiger partial charge in [-0.2, -0.15) is 0 Å². The first-order chi connectivity index (χ1) is 8.43. The van der Waals surface area contributed by atoms with Gasteiger partial charge in [0.05, 0.1) is 11.6 Å².